The molecule has 1 aromatic carbocycles. The number of imide groups is 1. The van der Waals surface area contributed by atoms with E-state index in [0.717, 1.165) is 10.5 Å². The van der Waals surface area contributed by atoms with Crippen LogP contribution in [0.5, 0.6) is 5.75 Å². The zero-order valence-electron chi connectivity index (χ0n) is 24.8. The average molecular weight is 585 g/mol. The average Bonchev–Trinajstić information content (AvgIpc) is 2.78. The number of unbranched alkanes of at least 4 members (excludes halogenated alkanes) is 1. The van der Waals surface area contributed by atoms with Crippen molar-refractivity contribution >= 4 is 25.5 Å². The Morgan fingerprint density at radius 1 is 1.05 bits per heavy atom. The number of carbonyl (C=O) groups excluding carboxylic acids is 2. The highest BCUT2D eigenvalue weighted by atomic mass is 31.2. The molecule has 0 bridgehead atoms. The number of phenolic OH excluding ortho intramolecular Hbond substituents is 1. The Morgan fingerprint density at radius 2 is 1.65 bits per heavy atom. The van der Waals surface area contributed by atoms with Crippen LogP contribution in [0.3, 0.4) is 0 Å². The lowest BCUT2D eigenvalue weighted by Gasteiger charge is -2.45. The number of carboxylic acids is 1. The van der Waals surface area contributed by atoms with E-state index in [2.05, 4.69) is 0 Å². The molecule has 1 aliphatic rings. The number of aliphatic carboxylic acids is 1. The van der Waals surface area contributed by atoms with Crippen molar-refractivity contribution in [3.05, 3.63) is 29.8 Å². The van der Waals surface area contributed by atoms with Gasteiger partial charge in [0.1, 0.15) is 17.0 Å². The lowest BCUT2D eigenvalue weighted by Crippen LogP contribution is -2.54. The Balaban J connectivity index is 2.23. The lowest BCUT2D eigenvalue weighted by molar-refractivity contribution is -0.141. The number of carboxylic acid groups (broad SMARTS) is 1. The number of carbonyl (C=O) groups is 3. The fourth-order valence-electron chi connectivity index (χ4n) is 4.64. The SMILES string of the molecule is CCOP1(=O)CCN(Cc2cccc(O)c2)CC1(CCCCN(C(=O)OC(C)(C)C)C(=O)OC(C)(C)C)C(=O)O. The van der Waals surface area contributed by atoms with Crippen LogP contribution in [0.4, 0.5) is 9.59 Å². The van der Waals surface area contributed by atoms with Gasteiger partial charge in [-0.05, 0) is 85.4 Å². The van der Waals surface area contributed by atoms with Crippen LogP contribution >= 0.6 is 7.37 Å². The summed E-state index contributed by atoms with van der Waals surface area (Å²) in [6.45, 7) is 12.6. The van der Waals surface area contributed by atoms with E-state index in [-0.39, 0.29) is 50.9 Å². The highest BCUT2D eigenvalue weighted by Crippen LogP contribution is 2.63. The van der Waals surface area contributed by atoms with Crippen LogP contribution in [0.15, 0.2) is 24.3 Å². The Labute approximate surface area is 237 Å². The maximum Gasteiger partial charge on any atom is 0.419 e. The fraction of sp³-hybridized carbons (Fsp3) is 0.679. The van der Waals surface area contributed by atoms with Gasteiger partial charge in [0.15, 0.2) is 5.16 Å². The van der Waals surface area contributed by atoms with E-state index >= 15 is 0 Å². The third-order valence-corrected chi connectivity index (χ3v) is 9.67. The molecule has 40 heavy (non-hydrogen) atoms. The number of hydrogen-bond acceptors (Lipinski definition) is 9. The zero-order chi connectivity index (χ0) is 30.4. The molecule has 2 N–H and O–H groups in total. The first-order chi connectivity index (χ1) is 18.4. The number of aromatic hydroxyl groups is 1. The predicted molar refractivity (Wildman–Crippen MR) is 151 cm³/mol. The molecular formula is C28H45N2O9P. The molecule has 0 aliphatic carbocycles. The number of phenols is 1. The van der Waals surface area contributed by atoms with Gasteiger partial charge in [-0.15, -0.1) is 0 Å². The lowest BCUT2D eigenvalue weighted by atomic mass is 9.99. The molecule has 12 heteroatoms. The van der Waals surface area contributed by atoms with Crippen LogP contribution in [-0.4, -0.2) is 86.9 Å². The molecule has 1 aromatic rings. The third kappa shape index (κ3) is 9.21. The summed E-state index contributed by atoms with van der Waals surface area (Å²) in [6, 6.07) is 6.72. The summed E-state index contributed by atoms with van der Waals surface area (Å²) in [5.74, 6) is -1.10. The number of benzene rings is 1. The molecule has 1 fully saturated rings. The maximum atomic E-state index is 14.0. The molecule has 1 heterocycles. The second-order valence-corrected chi connectivity index (χ2v) is 15.0. The Morgan fingerprint density at radius 3 is 2.15 bits per heavy atom. The highest BCUT2D eigenvalue weighted by molar-refractivity contribution is 7.62. The number of rotatable bonds is 10. The van der Waals surface area contributed by atoms with Gasteiger partial charge in [-0.2, -0.15) is 0 Å². The summed E-state index contributed by atoms with van der Waals surface area (Å²) in [4.78, 5) is 41.2. The van der Waals surface area contributed by atoms with Crippen LogP contribution < -0.4 is 0 Å². The molecular weight excluding hydrogens is 539 g/mol. The quantitative estimate of drug-likeness (QED) is 0.260. The van der Waals surface area contributed by atoms with Gasteiger partial charge in [0.25, 0.3) is 0 Å². The monoisotopic (exact) mass is 584 g/mol. The minimum Gasteiger partial charge on any atom is -0.508 e. The van der Waals surface area contributed by atoms with E-state index in [4.69, 9.17) is 14.0 Å². The molecule has 1 saturated heterocycles. The van der Waals surface area contributed by atoms with Gasteiger partial charge in [0.2, 0.25) is 7.37 Å². The van der Waals surface area contributed by atoms with Gasteiger partial charge in [-0.25, -0.2) is 14.5 Å². The Bertz CT molecular complexity index is 1070. The van der Waals surface area contributed by atoms with Crippen LogP contribution in [-0.2, 0) is 29.9 Å². The van der Waals surface area contributed by atoms with E-state index in [9.17, 15) is 29.2 Å². The Hall–Kier alpha value is -2.62. The molecule has 11 nitrogen and oxygen atoms in total. The zero-order valence-corrected chi connectivity index (χ0v) is 25.7. The summed E-state index contributed by atoms with van der Waals surface area (Å²) in [5.41, 5.74) is -0.871. The second-order valence-electron chi connectivity index (χ2n) is 12.1. The first-order valence-corrected chi connectivity index (χ1v) is 15.4. The summed E-state index contributed by atoms with van der Waals surface area (Å²) >= 11 is 0. The van der Waals surface area contributed by atoms with E-state index in [1.165, 1.54) is 0 Å². The van der Waals surface area contributed by atoms with Crippen molar-refractivity contribution in [1.82, 2.24) is 9.80 Å². The van der Waals surface area contributed by atoms with Crippen LogP contribution in [0.25, 0.3) is 0 Å². The minimum atomic E-state index is -3.61. The van der Waals surface area contributed by atoms with Gasteiger partial charge < -0.3 is 24.2 Å². The molecule has 0 saturated carbocycles. The number of amides is 2. The molecule has 2 unspecified atom stereocenters. The largest absolute Gasteiger partial charge is 0.508 e. The molecule has 1 aliphatic heterocycles. The van der Waals surface area contributed by atoms with Crippen molar-refractivity contribution in [3.8, 4) is 5.75 Å². The second kappa shape index (κ2) is 13.4. The smallest absolute Gasteiger partial charge is 0.419 e. The molecule has 2 amide bonds. The molecule has 226 valence electrons. The van der Waals surface area contributed by atoms with Crippen molar-refractivity contribution in [2.45, 2.75) is 90.6 Å². The van der Waals surface area contributed by atoms with Crippen molar-refractivity contribution in [2.24, 2.45) is 0 Å². The van der Waals surface area contributed by atoms with Gasteiger partial charge in [-0.3, -0.25) is 14.3 Å². The molecule has 0 radical (unpaired) electrons. The number of hydrogen-bond donors (Lipinski definition) is 2. The standard InChI is InChI=1S/C28H45N2O9P/c1-8-37-40(36)17-16-29(19-21-12-11-13-22(31)18-21)20-28(40,23(32)33)14-9-10-15-30(24(34)38-26(2,3)4)25(35)39-27(5,6)7/h11-13,18,31H,8-10,14-17,19-20H2,1-7H3,(H,32,33). The number of ether oxygens (including phenoxy) is 2. The first-order valence-electron chi connectivity index (χ1n) is 13.6. The number of nitrogens with zero attached hydrogens (tertiary/aromatic N) is 2. The maximum absolute atomic E-state index is 14.0. The Kier molecular flexibility index (Phi) is 11.2. The van der Waals surface area contributed by atoms with Gasteiger partial charge in [0, 0.05) is 32.3 Å². The normalized spacial score (nSPS) is 22.0. The molecule has 0 aromatic heterocycles. The third-order valence-electron chi connectivity index (χ3n) is 6.35. The van der Waals surface area contributed by atoms with Gasteiger partial charge in [0.05, 0.1) is 6.61 Å². The van der Waals surface area contributed by atoms with E-state index < -0.39 is 41.9 Å². The summed E-state index contributed by atoms with van der Waals surface area (Å²) < 4.78 is 30.5. The van der Waals surface area contributed by atoms with Crippen molar-refractivity contribution in [1.29, 1.82) is 0 Å². The van der Waals surface area contributed by atoms with Crippen LogP contribution in [0, 0.1) is 0 Å². The fourth-order valence-corrected chi connectivity index (χ4v) is 7.61. The van der Waals surface area contributed by atoms with E-state index in [1.807, 2.05) is 11.0 Å². The van der Waals surface area contributed by atoms with Crippen LogP contribution in [0.2, 0.25) is 0 Å². The molecule has 2 atom stereocenters. The topological polar surface area (TPSA) is 143 Å². The van der Waals surface area contributed by atoms with Crippen LogP contribution in [0.1, 0.15) is 73.3 Å². The van der Waals surface area contributed by atoms with Gasteiger partial charge in [-0.1, -0.05) is 12.1 Å². The summed E-state index contributed by atoms with van der Waals surface area (Å²) in [5, 5.41) is 18.6. The molecule has 2 rings (SSSR count). The van der Waals surface area contributed by atoms with Crippen molar-refractivity contribution in [2.75, 3.05) is 32.4 Å². The molecule has 0 spiro atoms. The predicted octanol–water partition coefficient (Wildman–Crippen LogP) is 5.69. The summed E-state index contributed by atoms with van der Waals surface area (Å²) in [6.07, 6.45) is -1.12. The minimum absolute atomic E-state index is 0.00286. The summed E-state index contributed by atoms with van der Waals surface area (Å²) in [7, 11) is -3.61. The first kappa shape index (κ1) is 33.6. The van der Waals surface area contributed by atoms with Gasteiger partial charge >= 0.3 is 18.2 Å². The highest BCUT2D eigenvalue weighted by Gasteiger charge is 2.58. The van der Waals surface area contributed by atoms with Crippen molar-refractivity contribution in [3.63, 3.8) is 0 Å². The van der Waals surface area contributed by atoms with E-state index in [0.29, 0.717) is 13.1 Å². The van der Waals surface area contributed by atoms with Crippen molar-refractivity contribution < 1.29 is 43.2 Å². The van der Waals surface area contributed by atoms with E-state index in [1.54, 1.807) is 66.7 Å².